The highest BCUT2D eigenvalue weighted by Crippen LogP contribution is 2.33. The molecular formula is C15H21N5Si. The zero-order valence-corrected chi connectivity index (χ0v) is 14.2. The molecule has 1 unspecified atom stereocenters. The molecule has 0 aliphatic carbocycles. The van der Waals surface area contributed by atoms with Crippen molar-refractivity contribution in [3.63, 3.8) is 0 Å². The standard InChI is InChI=1S/C15H21N5Si/c1-10-14(11(2)17-16-10)15(21(3,4)5)20-13-9-7-6-8-12(13)18-19-20/h6-9,15H,1-5H3,(H,16,17). The zero-order chi connectivity index (χ0) is 15.2. The molecule has 2 aromatic heterocycles. The van der Waals surface area contributed by atoms with Crippen molar-refractivity contribution in [2.45, 2.75) is 39.2 Å². The summed E-state index contributed by atoms with van der Waals surface area (Å²) in [5, 5.41) is 16.3. The van der Waals surface area contributed by atoms with Crippen molar-refractivity contribution in [3.05, 3.63) is 41.2 Å². The van der Waals surface area contributed by atoms with Crippen LogP contribution >= 0.6 is 0 Å². The van der Waals surface area contributed by atoms with E-state index in [1.165, 1.54) is 5.56 Å². The highest BCUT2D eigenvalue weighted by molar-refractivity contribution is 6.77. The lowest BCUT2D eigenvalue weighted by Crippen LogP contribution is -2.37. The van der Waals surface area contributed by atoms with Gasteiger partial charge in [0.1, 0.15) is 5.52 Å². The molecule has 0 aliphatic heterocycles. The van der Waals surface area contributed by atoms with Gasteiger partial charge in [0, 0.05) is 11.3 Å². The van der Waals surface area contributed by atoms with Crippen LogP contribution in [0.25, 0.3) is 11.0 Å². The summed E-state index contributed by atoms with van der Waals surface area (Å²) >= 11 is 0. The van der Waals surface area contributed by atoms with E-state index in [1.807, 2.05) is 18.2 Å². The highest BCUT2D eigenvalue weighted by Gasteiger charge is 2.35. The van der Waals surface area contributed by atoms with Crippen molar-refractivity contribution in [1.29, 1.82) is 0 Å². The molecule has 2 heterocycles. The topological polar surface area (TPSA) is 59.4 Å². The molecule has 1 aromatic carbocycles. The number of aromatic amines is 1. The van der Waals surface area contributed by atoms with Crippen molar-refractivity contribution >= 4 is 19.1 Å². The Morgan fingerprint density at radius 1 is 1.14 bits per heavy atom. The van der Waals surface area contributed by atoms with Crippen molar-refractivity contribution in [3.8, 4) is 0 Å². The van der Waals surface area contributed by atoms with Gasteiger partial charge in [0.15, 0.2) is 0 Å². The molecule has 0 fully saturated rings. The average molecular weight is 299 g/mol. The van der Waals surface area contributed by atoms with E-state index >= 15 is 0 Å². The second-order valence-corrected chi connectivity index (χ2v) is 11.9. The highest BCUT2D eigenvalue weighted by atomic mass is 28.3. The number of rotatable bonds is 3. The molecule has 110 valence electrons. The molecule has 3 aromatic rings. The van der Waals surface area contributed by atoms with Gasteiger partial charge in [-0.05, 0) is 26.0 Å². The van der Waals surface area contributed by atoms with Crippen molar-refractivity contribution in [2.75, 3.05) is 0 Å². The first-order valence-corrected chi connectivity index (χ1v) is 10.8. The maximum absolute atomic E-state index is 4.46. The van der Waals surface area contributed by atoms with Gasteiger partial charge < -0.3 is 0 Å². The fourth-order valence-electron chi connectivity index (χ4n) is 2.96. The molecule has 0 bridgehead atoms. The maximum Gasteiger partial charge on any atom is 0.113 e. The van der Waals surface area contributed by atoms with E-state index < -0.39 is 8.07 Å². The van der Waals surface area contributed by atoms with Crippen LogP contribution in [0.4, 0.5) is 0 Å². The van der Waals surface area contributed by atoms with E-state index in [2.05, 4.69) is 64.7 Å². The summed E-state index contributed by atoms with van der Waals surface area (Å²) in [7, 11) is -1.58. The van der Waals surface area contributed by atoms with Gasteiger partial charge in [0.05, 0.1) is 24.9 Å². The Morgan fingerprint density at radius 3 is 2.48 bits per heavy atom. The van der Waals surface area contributed by atoms with Crippen LogP contribution in [0.5, 0.6) is 0 Å². The summed E-state index contributed by atoms with van der Waals surface area (Å²) in [5.41, 5.74) is 5.71. The summed E-state index contributed by atoms with van der Waals surface area (Å²) < 4.78 is 2.09. The molecule has 1 atom stereocenters. The van der Waals surface area contributed by atoms with Crippen LogP contribution in [-0.4, -0.2) is 33.3 Å². The SMILES string of the molecule is Cc1n[nH]c(C)c1C(n1nnc2ccccc21)[Si](C)(C)C. The molecule has 1 N–H and O–H groups in total. The minimum Gasteiger partial charge on any atom is -0.282 e. The van der Waals surface area contributed by atoms with Crippen LogP contribution in [-0.2, 0) is 0 Å². The molecule has 0 saturated carbocycles. The number of H-pyrrole nitrogens is 1. The lowest BCUT2D eigenvalue weighted by Gasteiger charge is -2.30. The Kier molecular flexibility index (Phi) is 3.20. The van der Waals surface area contributed by atoms with Crippen LogP contribution in [0.1, 0.15) is 22.6 Å². The molecule has 5 nitrogen and oxygen atoms in total. The fourth-order valence-corrected chi connectivity index (χ4v) is 5.18. The molecule has 0 aliphatic rings. The van der Waals surface area contributed by atoms with E-state index in [0.29, 0.717) is 0 Å². The van der Waals surface area contributed by atoms with E-state index in [0.717, 1.165) is 22.4 Å². The van der Waals surface area contributed by atoms with Gasteiger partial charge in [-0.25, -0.2) is 4.68 Å². The molecule has 3 rings (SSSR count). The minimum absolute atomic E-state index is 0.226. The largest absolute Gasteiger partial charge is 0.282 e. The average Bonchev–Trinajstić information content (AvgIpc) is 2.97. The number of nitrogens with one attached hydrogen (secondary N) is 1. The lowest BCUT2D eigenvalue weighted by atomic mass is 10.2. The van der Waals surface area contributed by atoms with Gasteiger partial charge in [-0.3, -0.25) is 5.10 Å². The molecule has 0 spiro atoms. The van der Waals surface area contributed by atoms with E-state index in [-0.39, 0.29) is 5.67 Å². The molecule has 0 radical (unpaired) electrons. The first kappa shape index (κ1) is 14.0. The monoisotopic (exact) mass is 299 g/mol. The third-order valence-electron chi connectivity index (χ3n) is 3.90. The van der Waals surface area contributed by atoms with Gasteiger partial charge in [-0.2, -0.15) is 5.10 Å². The number of aryl methyl sites for hydroxylation is 2. The minimum atomic E-state index is -1.58. The summed E-state index contributed by atoms with van der Waals surface area (Å²) in [6.07, 6.45) is 0. The Morgan fingerprint density at radius 2 is 1.86 bits per heavy atom. The number of para-hydroxylation sites is 1. The summed E-state index contributed by atoms with van der Waals surface area (Å²) in [4.78, 5) is 0. The smallest absolute Gasteiger partial charge is 0.113 e. The second kappa shape index (κ2) is 4.80. The van der Waals surface area contributed by atoms with Crippen molar-refractivity contribution in [1.82, 2.24) is 25.2 Å². The predicted octanol–water partition coefficient (Wildman–Crippen LogP) is 3.24. The maximum atomic E-state index is 4.46. The second-order valence-electron chi connectivity index (χ2n) is 6.64. The Hall–Kier alpha value is -1.95. The molecule has 6 heteroatoms. The number of benzene rings is 1. The fraction of sp³-hybridized carbons (Fsp3) is 0.400. The van der Waals surface area contributed by atoms with Gasteiger partial charge in [0.2, 0.25) is 0 Å². The molecule has 0 amide bonds. The van der Waals surface area contributed by atoms with E-state index in [1.54, 1.807) is 0 Å². The van der Waals surface area contributed by atoms with E-state index in [4.69, 9.17) is 0 Å². The third-order valence-corrected chi connectivity index (χ3v) is 6.07. The van der Waals surface area contributed by atoms with Crippen LogP contribution in [0, 0.1) is 13.8 Å². The third kappa shape index (κ3) is 2.29. The zero-order valence-electron chi connectivity index (χ0n) is 13.2. The number of nitrogens with zero attached hydrogens (tertiary/aromatic N) is 4. The van der Waals surface area contributed by atoms with Gasteiger partial charge in [-0.15, -0.1) is 5.10 Å². The normalized spacial score (nSPS) is 13.8. The number of aromatic nitrogens is 5. The van der Waals surface area contributed by atoms with Crippen LogP contribution in [0.2, 0.25) is 19.6 Å². The van der Waals surface area contributed by atoms with Crippen LogP contribution < -0.4 is 0 Å². The summed E-state index contributed by atoms with van der Waals surface area (Å²) in [6, 6.07) is 8.14. The Bertz CT molecular complexity index is 761. The summed E-state index contributed by atoms with van der Waals surface area (Å²) in [6.45, 7) is 11.2. The predicted molar refractivity (Wildman–Crippen MR) is 87.1 cm³/mol. The molecule has 21 heavy (non-hydrogen) atoms. The summed E-state index contributed by atoms with van der Waals surface area (Å²) in [5.74, 6) is 0. The first-order valence-electron chi connectivity index (χ1n) is 7.21. The van der Waals surface area contributed by atoms with Crippen molar-refractivity contribution < 1.29 is 0 Å². The molecule has 0 saturated heterocycles. The number of hydrogen-bond acceptors (Lipinski definition) is 3. The Balaban J connectivity index is 2.27. The van der Waals surface area contributed by atoms with Gasteiger partial charge >= 0.3 is 0 Å². The van der Waals surface area contributed by atoms with Gasteiger partial charge in [-0.1, -0.05) is 37.0 Å². The van der Waals surface area contributed by atoms with Crippen LogP contribution in [0.15, 0.2) is 24.3 Å². The number of fused-ring (bicyclic) bond motifs is 1. The van der Waals surface area contributed by atoms with Crippen molar-refractivity contribution in [2.24, 2.45) is 0 Å². The first-order chi connectivity index (χ1) is 9.89. The van der Waals surface area contributed by atoms with Crippen LogP contribution in [0.3, 0.4) is 0 Å². The van der Waals surface area contributed by atoms with Gasteiger partial charge in [0.25, 0.3) is 0 Å². The van der Waals surface area contributed by atoms with E-state index in [9.17, 15) is 0 Å². The lowest BCUT2D eigenvalue weighted by molar-refractivity contribution is 0.624. The number of hydrogen-bond donors (Lipinski definition) is 1. The Labute approximate surface area is 125 Å². The quantitative estimate of drug-likeness (QED) is 0.755. The molecular weight excluding hydrogens is 278 g/mol.